The van der Waals surface area contributed by atoms with Gasteiger partial charge in [0.15, 0.2) is 0 Å². The summed E-state index contributed by atoms with van der Waals surface area (Å²) < 4.78 is 39.2. The van der Waals surface area contributed by atoms with Crippen LogP contribution >= 0.6 is 0 Å². The second kappa shape index (κ2) is 8.13. The summed E-state index contributed by atoms with van der Waals surface area (Å²) in [7, 11) is -1.98. The predicted molar refractivity (Wildman–Crippen MR) is 89.6 cm³/mol. The van der Waals surface area contributed by atoms with Crippen LogP contribution in [0.25, 0.3) is 0 Å². The third kappa shape index (κ3) is 5.57. The molecule has 0 aliphatic rings. The molecule has 0 saturated carbocycles. The van der Waals surface area contributed by atoms with Crippen molar-refractivity contribution in [3.8, 4) is 5.75 Å². The molecule has 0 aliphatic carbocycles. The monoisotopic (exact) mass is 368 g/mol. The van der Waals surface area contributed by atoms with Gasteiger partial charge in [0.25, 0.3) is 10.1 Å². The van der Waals surface area contributed by atoms with Gasteiger partial charge in [0.1, 0.15) is 5.75 Å². The Balaban J connectivity index is 2.29. The van der Waals surface area contributed by atoms with E-state index >= 15 is 0 Å². The van der Waals surface area contributed by atoms with Crippen LogP contribution in [0.3, 0.4) is 0 Å². The topological polar surface area (TPSA) is 96.7 Å². The van der Waals surface area contributed by atoms with E-state index in [1.54, 1.807) is 42.1 Å². The van der Waals surface area contributed by atoms with Crippen molar-refractivity contribution in [3.63, 3.8) is 0 Å². The SMILES string of the molecule is COc1cccc(C(OC(C)=O)n2cncc2CCOS(C)(=O)=O)c1. The molecule has 0 fully saturated rings. The Morgan fingerprint density at radius 2 is 2.12 bits per heavy atom. The number of rotatable bonds is 8. The summed E-state index contributed by atoms with van der Waals surface area (Å²) >= 11 is 0. The van der Waals surface area contributed by atoms with Crippen molar-refractivity contribution in [1.82, 2.24) is 9.55 Å². The zero-order chi connectivity index (χ0) is 18.4. The summed E-state index contributed by atoms with van der Waals surface area (Å²) in [5, 5.41) is 0. The molecular formula is C16H20N2O6S. The lowest BCUT2D eigenvalue weighted by Crippen LogP contribution is -2.19. The highest BCUT2D eigenvalue weighted by Gasteiger charge is 2.20. The number of methoxy groups -OCH3 is 1. The molecule has 25 heavy (non-hydrogen) atoms. The number of hydrogen-bond donors (Lipinski definition) is 0. The van der Waals surface area contributed by atoms with Crippen LogP contribution in [0.4, 0.5) is 0 Å². The summed E-state index contributed by atoms with van der Waals surface area (Å²) in [6, 6.07) is 7.12. The first-order chi connectivity index (χ1) is 11.8. The molecule has 0 amide bonds. The predicted octanol–water partition coefficient (Wildman–Crippen LogP) is 1.52. The normalized spacial score (nSPS) is 12.6. The minimum absolute atomic E-state index is 0.0323. The summed E-state index contributed by atoms with van der Waals surface area (Å²) in [5.41, 5.74) is 1.36. The lowest BCUT2D eigenvalue weighted by atomic mass is 10.1. The van der Waals surface area contributed by atoms with Gasteiger partial charge in [-0.2, -0.15) is 8.42 Å². The van der Waals surface area contributed by atoms with E-state index in [0.29, 0.717) is 17.0 Å². The quantitative estimate of drug-likeness (QED) is 0.515. The minimum Gasteiger partial charge on any atom is -0.497 e. The number of carbonyl (C=O) groups excluding carboxylic acids is 1. The van der Waals surface area contributed by atoms with Crippen molar-refractivity contribution >= 4 is 16.1 Å². The highest BCUT2D eigenvalue weighted by atomic mass is 32.2. The minimum atomic E-state index is -3.52. The highest BCUT2D eigenvalue weighted by Crippen LogP contribution is 2.25. The van der Waals surface area contributed by atoms with Crippen LogP contribution < -0.4 is 4.74 Å². The molecule has 0 bridgehead atoms. The van der Waals surface area contributed by atoms with E-state index in [1.807, 2.05) is 0 Å². The number of carbonyl (C=O) groups is 1. The van der Waals surface area contributed by atoms with Crippen molar-refractivity contribution in [2.75, 3.05) is 20.0 Å². The fourth-order valence-electron chi connectivity index (χ4n) is 2.27. The summed E-state index contributed by atoms with van der Waals surface area (Å²) in [4.78, 5) is 15.6. The zero-order valence-electron chi connectivity index (χ0n) is 14.2. The van der Waals surface area contributed by atoms with Gasteiger partial charge in [-0.25, -0.2) is 4.98 Å². The van der Waals surface area contributed by atoms with Gasteiger partial charge in [0, 0.05) is 30.8 Å². The first kappa shape index (κ1) is 18.9. The van der Waals surface area contributed by atoms with Crippen LogP contribution in [-0.2, 0) is 30.3 Å². The molecule has 0 aliphatic heterocycles. The average Bonchev–Trinajstić information content (AvgIpc) is 2.99. The number of ether oxygens (including phenoxy) is 2. The van der Waals surface area contributed by atoms with E-state index < -0.39 is 22.3 Å². The maximum atomic E-state index is 11.5. The molecule has 136 valence electrons. The Hall–Kier alpha value is -2.39. The number of imidazole rings is 1. The summed E-state index contributed by atoms with van der Waals surface area (Å²) in [5.74, 6) is 0.164. The van der Waals surface area contributed by atoms with E-state index in [4.69, 9.17) is 13.7 Å². The molecule has 0 spiro atoms. The Labute approximate surface area is 146 Å². The van der Waals surface area contributed by atoms with Gasteiger partial charge >= 0.3 is 5.97 Å². The second-order valence-electron chi connectivity index (χ2n) is 5.31. The molecule has 8 nitrogen and oxygen atoms in total. The standard InChI is InChI=1S/C16H20N2O6S/c1-12(19)24-16(13-5-4-6-15(9-13)22-2)18-11-17-10-14(18)7-8-23-25(3,20)21/h4-6,9-11,16H,7-8H2,1-3H3. The van der Waals surface area contributed by atoms with Gasteiger partial charge in [0.2, 0.25) is 6.23 Å². The first-order valence-corrected chi connectivity index (χ1v) is 9.28. The average molecular weight is 368 g/mol. The van der Waals surface area contributed by atoms with Crippen LogP contribution in [0, 0.1) is 0 Å². The van der Waals surface area contributed by atoms with Crippen LogP contribution in [0.1, 0.15) is 24.4 Å². The molecular weight excluding hydrogens is 348 g/mol. The van der Waals surface area contributed by atoms with Crippen molar-refractivity contribution in [1.29, 1.82) is 0 Å². The largest absolute Gasteiger partial charge is 0.497 e. The smallest absolute Gasteiger partial charge is 0.304 e. The molecule has 1 atom stereocenters. The zero-order valence-corrected chi connectivity index (χ0v) is 15.0. The van der Waals surface area contributed by atoms with Crippen molar-refractivity contribution in [2.45, 2.75) is 19.6 Å². The molecule has 1 aromatic heterocycles. The molecule has 0 radical (unpaired) electrons. The Morgan fingerprint density at radius 3 is 2.76 bits per heavy atom. The van der Waals surface area contributed by atoms with E-state index in [0.717, 1.165) is 6.26 Å². The van der Waals surface area contributed by atoms with Crippen LogP contribution in [0.15, 0.2) is 36.8 Å². The Morgan fingerprint density at radius 1 is 1.36 bits per heavy atom. The first-order valence-electron chi connectivity index (χ1n) is 7.46. The third-order valence-electron chi connectivity index (χ3n) is 3.31. The summed E-state index contributed by atoms with van der Waals surface area (Å²) in [6.07, 6.45) is 3.62. The van der Waals surface area contributed by atoms with Crippen molar-refractivity contribution in [2.24, 2.45) is 0 Å². The molecule has 1 heterocycles. The van der Waals surface area contributed by atoms with Gasteiger partial charge in [-0.15, -0.1) is 0 Å². The second-order valence-corrected chi connectivity index (χ2v) is 6.95. The molecule has 0 N–H and O–H groups in total. The molecule has 0 saturated heterocycles. The van der Waals surface area contributed by atoms with Gasteiger partial charge in [-0.3, -0.25) is 13.5 Å². The summed E-state index contributed by atoms with van der Waals surface area (Å²) in [6.45, 7) is 1.28. The Bertz CT molecular complexity index is 831. The van der Waals surface area contributed by atoms with Crippen LogP contribution in [0.5, 0.6) is 5.75 Å². The Kier molecular flexibility index (Phi) is 6.16. The fourth-order valence-corrected chi connectivity index (χ4v) is 2.66. The number of hydrogen-bond acceptors (Lipinski definition) is 7. The number of benzene rings is 1. The van der Waals surface area contributed by atoms with E-state index in [9.17, 15) is 13.2 Å². The van der Waals surface area contributed by atoms with Gasteiger partial charge in [-0.05, 0) is 12.1 Å². The van der Waals surface area contributed by atoms with E-state index in [-0.39, 0.29) is 13.0 Å². The third-order valence-corrected chi connectivity index (χ3v) is 3.91. The number of aromatic nitrogens is 2. The van der Waals surface area contributed by atoms with Crippen molar-refractivity contribution < 1.29 is 26.9 Å². The van der Waals surface area contributed by atoms with E-state index in [1.165, 1.54) is 13.3 Å². The van der Waals surface area contributed by atoms with Crippen LogP contribution in [-0.4, -0.2) is 43.9 Å². The number of esters is 1. The highest BCUT2D eigenvalue weighted by molar-refractivity contribution is 7.85. The molecule has 1 aromatic carbocycles. The van der Waals surface area contributed by atoms with Crippen molar-refractivity contribution in [3.05, 3.63) is 48.0 Å². The van der Waals surface area contributed by atoms with Gasteiger partial charge < -0.3 is 9.47 Å². The lowest BCUT2D eigenvalue weighted by molar-refractivity contribution is -0.148. The maximum absolute atomic E-state index is 11.5. The lowest BCUT2D eigenvalue weighted by Gasteiger charge is -2.21. The maximum Gasteiger partial charge on any atom is 0.304 e. The van der Waals surface area contributed by atoms with E-state index in [2.05, 4.69) is 4.98 Å². The fraction of sp³-hybridized carbons (Fsp3) is 0.375. The molecule has 2 rings (SSSR count). The number of nitrogens with zero attached hydrogens (tertiary/aromatic N) is 2. The molecule has 1 unspecified atom stereocenters. The van der Waals surface area contributed by atoms with Gasteiger partial charge in [0.05, 0.1) is 26.3 Å². The van der Waals surface area contributed by atoms with Crippen LogP contribution in [0.2, 0.25) is 0 Å². The van der Waals surface area contributed by atoms with Gasteiger partial charge in [-0.1, -0.05) is 12.1 Å². The molecule has 2 aromatic rings. The molecule has 9 heteroatoms.